The van der Waals surface area contributed by atoms with Crippen molar-refractivity contribution in [2.45, 2.75) is 53.1 Å². The number of nitrogens with zero attached hydrogens (tertiary/aromatic N) is 3. The Kier molecular flexibility index (Phi) is 5.36. The van der Waals surface area contributed by atoms with Gasteiger partial charge >= 0.3 is 0 Å². The first-order valence-electron chi connectivity index (χ1n) is 9.49. The summed E-state index contributed by atoms with van der Waals surface area (Å²) in [6, 6.07) is 15.3. The molecule has 0 aliphatic heterocycles. The van der Waals surface area contributed by atoms with E-state index in [1.807, 2.05) is 58.9 Å². The van der Waals surface area contributed by atoms with Crippen LogP contribution in [0.5, 0.6) is 0 Å². The van der Waals surface area contributed by atoms with Gasteiger partial charge in [0.05, 0.1) is 5.69 Å². The first kappa shape index (κ1) is 19.8. The van der Waals surface area contributed by atoms with Crippen molar-refractivity contribution in [3.05, 3.63) is 87.1 Å². The predicted octanol–water partition coefficient (Wildman–Crippen LogP) is 3.89. The summed E-state index contributed by atoms with van der Waals surface area (Å²) in [6.07, 6.45) is 0. The predicted molar refractivity (Wildman–Crippen MR) is 111 cm³/mol. The highest BCUT2D eigenvalue weighted by Gasteiger charge is 2.20. The van der Waals surface area contributed by atoms with Crippen LogP contribution >= 0.6 is 0 Å². The minimum absolute atomic E-state index is 0.0572. The lowest BCUT2D eigenvalue weighted by Crippen LogP contribution is -2.29. The Morgan fingerprint density at radius 2 is 1.71 bits per heavy atom. The molecular formula is C23H27N3O2. The lowest BCUT2D eigenvalue weighted by atomic mass is 9.92. The number of rotatable bonds is 5. The molecular weight excluding hydrogens is 350 g/mol. The van der Waals surface area contributed by atoms with E-state index in [2.05, 4.69) is 21.8 Å². The summed E-state index contributed by atoms with van der Waals surface area (Å²) in [5, 5.41) is 4.41. The molecule has 0 saturated heterocycles. The molecule has 0 bridgehead atoms. The van der Waals surface area contributed by atoms with E-state index < -0.39 is 0 Å². The number of carbonyl (C=O) groups excluding carboxylic acids is 1. The maximum Gasteiger partial charge on any atom is 0.267 e. The highest BCUT2D eigenvalue weighted by atomic mass is 16.1. The maximum absolute atomic E-state index is 13.0. The van der Waals surface area contributed by atoms with Crippen LogP contribution in [0.15, 0.2) is 53.3 Å². The van der Waals surface area contributed by atoms with Gasteiger partial charge in [-0.05, 0) is 31.5 Å². The van der Waals surface area contributed by atoms with E-state index in [0.29, 0.717) is 12.1 Å². The Balaban J connectivity index is 1.88. The zero-order chi connectivity index (χ0) is 20.5. The second kappa shape index (κ2) is 7.58. The Labute approximate surface area is 165 Å². The topological polar surface area (TPSA) is 56.9 Å². The standard InChI is InChI=1S/C23H27N3O2/c1-16-13-19(17(2)25(16)14-18-9-7-6-8-10-18)20(27)15-26-22(28)12-11-21(24-26)23(3,4)5/h6-13H,14-15H2,1-5H3. The summed E-state index contributed by atoms with van der Waals surface area (Å²) >= 11 is 0. The third-order valence-corrected chi connectivity index (χ3v) is 4.99. The molecule has 0 fully saturated rings. The van der Waals surface area contributed by atoms with Gasteiger partial charge in [-0.25, -0.2) is 4.68 Å². The van der Waals surface area contributed by atoms with Crippen molar-refractivity contribution >= 4 is 5.78 Å². The van der Waals surface area contributed by atoms with E-state index in [-0.39, 0.29) is 23.3 Å². The van der Waals surface area contributed by atoms with Crippen molar-refractivity contribution in [3.8, 4) is 0 Å². The SMILES string of the molecule is Cc1cc(C(=O)Cn2nc(C(C)(C)C)ccc2=O)c(C)n1Cc1ccccc1. The van der Waals surface area contributed by atoms with Crippen LogP contribution in [-0.2, 0) is 18.5 Å². The quantitative estimate of drug-likeness (QED) is 0.634. The molecule has 28 heavy (non-hydrogen) atoms. The molecule has 1 aromatic carbocycles. The number of Topliss-reactive ketones (excluding diaryl/α,β-unsaturated/α-hetero) is 1. The summed E-state index contributed by atoms with van der Waals surface area (Å²) in [4.78, 5) is 25.2. The average Bonchev–Trinajstić information content (AvgIpc) is 2.92. The normalized spacial score (nSPS) is 11.6. The van der Waals surface area contributed by atoms with Crippen LogP contribution < -0.4 is 5.56 Å². The fourth-order valence-corrected chi connectivity index (χ4v) is 3.28. The van der Waals surface area contributed by atoms with Gasteiger partial charge in [0.25, 0.3) is 5.56 Å². The van der Waals surface area contributed by atoms with Crippen molar-refractivity contribution < 1.29 is 4.79 Å². The van der Waals surface area contributed by atoms with Gasteiger partial charge in [-0.2, -0.15) is 5.10 Å². The van der Waals surface area contributed by atoms with Gasteiger partial charge < -0.3 is 4.57 Å². The molecule has 3 rings (SSSR count). The summed E-state index contributed by atoms with van der Waals surface area (Å²) < 4.78 is 3.40. The monoisotopic (exact) mass is 377 g/mol. The average molecular weight is 377 g/mol. The second-order valence-electron chi connectivity index (χ2n) is 8.24. The Hall–Kier alpha value is -2.95. The van der Waals surface area contributed by atoms with E-state index in [1.165, 1.54) is 16.3 Å². The number of aromatic nitrogens is 3. The van der Waals surface area contributed by atoms with E-state index in [4.69, 9.17) is 0 Å². The number of hydrogen-bond acceptors (Lipinski definition) is 3. The molecule has 3 aromatic rings. The first-order valence-corrected chi connectivity index (χ1v) is 9.49. The largest absolute Gasteiger partial charge is 0.344 e. The smallest absolute Gasteiger partial charge is 0.267 e. The molecule has 2 heterocycles. The zero-order valence-corrected chi connectivity index (χ0v) is 17.2. The molecule has 0 N–H and O–H groups in total. The fourth-order valence-electron chi connectivity index (χ4n) is 3.28. The van der Waals surface area contributed by atoms with Gasteiger partial charge in [0, 0.05) is 35.0 Å². The van der Waals surface area contributed by atoms with Crippen LogP contribution in [0.4, 0.5) is 0 Å². The molecule has 5 heteroatoms. The van der Waals surface area contributed by atoms with Crippen molar-refractivity contribution in [3.63, 3.8) is 0 Å². The highest BCUT2D eigenvalue weighted by molar-refractivity contribution is 5.97. The molecule has 2 aromatic heterocycles. The first-order chi connectivity index (χ1) is 13.2. The number of benzene rings is 1. The van der Waals surface area contributed by atoms with E-state index in [1.54, 1.807) is 6.07 Å². The third-order valence-electron chi connectivity index (χ3n) is 4.99. The molecule has 0 radical (unpaired) electrons. The summed E-state index contributed by atoms with van der Waals surface area (Å²) in [5.41, 5.74) is 4.08. The van der Waals surface area contributed by atoms with Gasteiger partial charge in [-0.3, -0.25) is 9.59 Å². The molecule has 0 spiro atoms. The molecule has 5 nitrogen and oxygen atoms in total. The van der Waals surface area contributed by atoms with Crippen LogP contribution in [0.3, 0.4) is 0 Å². The van der Waals surface area contributed by atoms with Gasteiger partial charge in [0.2, 0.25) is 0 Å². The highest BCUT2D eigenvalue weighted by Crippen LogP contribution is 2.20. The van der Waals surface area contributed by atoms with Crippen molar-refractivity contribution in [2.75, 3.05) is 0 Å². The number of hydrogen-bond donors (Lipinski definition) is 0. The van der Waals surface area contributed by atoms with E-state index >= 15 is 0 Å². The molecule has 0 unspecified atom stereocenters. The molecule has 0 atom stereocenters. The second-order valence-corrected chi connectivity index (χ2v) is 8.24. The van der Waals surface area contributed by atoms with Gasteiger partial charge in [-0.1, -0.05) is 51.1 Å². The third kappa shape index (κ3) is 4.14. The van der Waals surface area contributed by atoms with Crippen molar-refractivity contribution in [1.29, 1.82) is 0 Å². The van der Waals surface area contributed by atoms with Gasteiger partial charge in [-0.15, -0.1) is 0 Å². The van der Waals surface area contributed by atoms with Crippen molar-refractivity contribution in [1.82, 2.24) is 14.3 Å². The summed E-state index contributed by atoms with van der Waals surface area (Å²) in [5.74, 6) is -0.104. The minimum atomic E-state index is -0.264. The minimum Gasteiger partial charge on any atom is -0.344 e. The number of aryl methyl sites for hydroxylation is 1. The molecule has 0 aliphatic rings. The van der Waals surface area contributed by atoms with Crippen LogP contribution in [0, 0.1) is 13.8 Å². The fraction of sp³-hybridized carbons (Fsp3) is 0.348. The Morgan fingerprint density at radius 3 is 2.36 bits per heavy atom. The van der Waals surface area contributed by atoms with Crippen LogP contribution in [0.1, 0.15) is 53.8 Å². The Bertz CT molecular complexity index is 1050. The summed E-state index contributed by atoms with van der Waals surface area (Å²) in [6.45, 7) is 10.7. The molecule has 0 aliphatic carbocycles. The number of carbonyl (C=O) groups is 1. The van der Waals surface area contributed by atoms with E-state index in [0.717, 1.165) is 17.1 Å². The van der Waals surface area contributed by atoms with Gasteiger partial charge in [0.1, 0.15) is 6.54 Å². The van der Waals surface area contributed by atoms with E-state index in [9.17, 15) is 9.59 Å². The molecule has 146 valence electrons. The maximum atomic E-state index is 13.0. The lowest BCUT2D eigenvalue weighted by Gasteiger charge is -2.18. The summed E-state index contributed by atoms with van der Waals surface area (Å²) in [7, 11) is 0. The number of ketones is 1. The van der Waals surface area contributed by atoms with Crippen LogP contribution in [0.25, 0.3) is 0 Å². The molecule has 0 saturated carbocycles. The van der Waals surface area contributed by atoms with Crippen LogP contribution in [-0.4, -0.2) is 20.1 Å². The Morgan fingerprint density at radius 1 is 1.04 bits per heavy atom. The zero-order valence-electron chi connectivity index (χ0n) is 17.2. The molecule has 0 amide bonds. The van der Waals surface area contributed by atoms with Crippen molar-refractivity contribution in [2.24, 2.45) is 0 Å². The van der Waals surface area contributed by atoms with Gasteiger partial charge in [0.15, 0.2) is 5.78 Å². The lowest BCUT2D eigenvalue weighted by molar-refractivity contribution is 0.0964. The van der Waals surface area contributed by atoms with Crippen LogP contribution in [0.2, 0.25) is 0 Å².